The second kappa shape index (κ2) is 12.7. The van der Waals surface area contributed by atoms with Crippen molar-refractivity contribution in [2.45, 2.75) is 17.9 Å². The molecule has 0 spiro atoms. The van der Waals surface area contributed by atoms with Crippen LogP contribution in [0.5, 0.6) is 11.5 Å². The number of aromatic nitrogens is 2. The van der Waals surface area contributed by atoms with Crippen LogP contribution in [-0.4, -0.2) is 34.7 Å². The number of carbonyl (C=O) groups excluding carboxylic acids is 1. The van der Waals surface area contributed by atoms with Crippen LogP contribution < -0.4 is 14.9 Å². The Morgan fingerprint density at radius 1 is 1.00 bits per heavy atom. The molecular formula is C26H24N4O3S2. The maximum Gasteiger partial charge on any atom is 0.250 e. The zero-order valence-corrected chi connectivity index (χ0v) is 20.7. The Bertz CT molecular complexity index is 1260. The molecule has 0 unspecified atom stereocenters. The number of rotatable bonds is 11. The first-order valence-electron chi connectivity index (χ1n) is 11.0. The molecule has 1 heterocycles. The fourth-order valence-electron chi connectivity index (χ4n) is 3.03. The summed E-state index contributed by atoms with van der Waals surface area (Å²) in [7, 11) is 0. The van der Waals surface area contributed by atoms with Crippen LogP contribution in [0.15, 0.2) is 88.3 Å². The molecule has 3 aromatic carbocycles. The first-order chi connectivity index (χ1) is 17.2. The molecule has 0 bridgehead atoms. The quantitative estimate of drug-likeness (QED) is 0.167. The van der Waals surface area contributed by atoms with Gasteiger partial charge >= 0.3 is 0 Å². The van der Waals surface area contributed by atoms with Crippen molar-refractivity contribution in [2.24, 2.45) is 5.10 Å². The van der Waals surface area contributed by atoms with E-state index in [9.17, 15) is 4.79 Å². The number of carbonyl (C=O) groups is 1. The van der Waals surface area contributed by atoms with Gasteiger partial charge in [0, 0.05) is 5.56 Å². The van der Waals surface area contributed by atoms with Crippen molar-refractivity contribution in [1.29, 1.82) is 0 Å². The average Bonchev–Trinajstić information content (AvgIpc) is 3.38. The number of hydrazone groups is 1. The summed E-state index contributed by atoms with van der Waals surface area (Å²) >= 11 is 2.78. The molecule has 0 saturated heterocycles. The van der Waals surface area contributed by atoms with Crippen molar-refractivity contribution >= 4 is 35.2 Å². The van der Waals surface area contributed by atoms with Gasteiger partial charge in [0.05, 0.1) is 18.6 Å². The number of amides is 1. The topological polar surface area (TPSA) is 85.7 Å². The van der Waals surface area contributed by atoms with Crippen LogP contribution in [0.3, 0.4) is 0 Å². The third-order valence-corrected chi connectivity index (χ3v) is 6.77. The Hall–Kier alpha value is -3.69. The number of hydrogen-bond donors (Lipinski definition) is 1. The number of nitrogens with one attached hydrogen (secondary N) is 1. The standard InChI is InChI=1S/C26H24N4O3S2/c1-2-32-23-15-20(13-14-22(23)33-17-19-9-5-3-6-10-19)16-27-28-24(31)18-34-26-30-29-25(35-26)21-11-7-4-8-12-21/h3-16H,2,17-18H2,1H3,(H,28,31). The zero-order valence-electron chi connectivity index (χ0n) is 19.1. The predicted octanol–water partition coefficient (Wildman–Crippen LogP) is 5.43. The zero-order chi connectivity index (χ0) is 24.3. The number of nitrogens with zero attached hydrogens (tertiary/aromatic N) is 3. The maximum absolute atomic E-state index is 12.2. The highest BCUT2D eigenvalue weighted by Gasteiger charge is 2.10. The van der Waals surface area contributed by atoms with E-state index in [-0.39, 0.29) is 11.7 Å². The van der Waals surface area contributed by atoms with Gasteiger partial charge in [0.1, 0.15) is 11.6 Å². The fourth-order valence-corrected chi connectivity index (χ4v) is 4.68. The molecule has 4 rings (SSSR count). The molecule has 0 aliphatic rings. The van der Waals surface area contributed by atoms with Crippen LogP contribution in [0.25, 0.3) is 10.6 Å². The number of benzene rings is 3. The molecule has 1 amide bonds. The summed E-state index contributed by atoms with van der Waals surface area (Å²) in [6.45, 7) is 2.87. The smallest absolute Gasteiger partial charge is 0.250 e. The Morgan fingerprint density at radius 3 is 2.54 bits per heavy atom. The van der Waals surface area contributed by atoms with Crippen molar-refractivity contribution < 1.29 is 14.3 Å². The molecule has 0 saturated carbocycles. The Balaban J connectivity index is 1.28. The van der Waals surface area contributed by atoms with E-state index in [1.165, 1.54) is 23.1 Å². The Morgan fingerprint density at radius 2 is 1.77 bits per heavy atom. The molecule has 0 fully saturated rings. The minimum Gasteiger partial charge on any atom is -0.490 e. The van der Waals surface area contributed by atoms with Gasteiger partial charge in [-0.1, -0.05) is 83.8 Å². The van der Waals surface area contributed by atoms with E-state index in [2.05, 4.69) is 20.7 Å². The van der Waals surface area contributed by atoms with E-state index in [1.54, 1.807) is 6.21 Å². The van der Waals surface area contributed by atoms with E-state index in [1.807, 2.05) is 85.8 Å². The molecule has 1 aromatic heterocycles. The summed E-state index contributed by atoms with van der Waals surface area (Å²) in [5.74, 6) is 1.24. The van der Waals surface area contributed by atoms with Crippen molar-refractivity contribution in [3.8, 4) is 22.1 Å². The first kappa shape index (κ1) is 24.4. The van der Waals surface area contributed by atoms with Gasteiger partial charge in [0.2, 0.25) is 0 Å². The van der Waals surface area contributed by atoms with E-state index in [0.717, 1.165) is 26.0 Å². The Kier molecular flexibility index (Phi) is 8.85. The monoisotopic (exact) mass is 504 g/mol. The normalized spacial score (nSPS) is 10.9. The van der Waals surface area contributed by atoms with Gasteiger partial charge in [0.25, 0.3) is 5.91 Å². The highest BCUT2D eigenvalue weighted by molar-refractivity contribution is 8.01. The van der Waals surface area contributed by atoms with E-state index >= 15 is 0 Å². The SMILES string of the molecule is CCOc1cc(C=NNC(=O)CSc2nnc(-c3ccccc3)s2)ccc1OCc1ccccc1. The molecule has 0 aliphatic carbocycles. The first-order valence-corrected chi connectivity index (χ1v) is 12.8. The van der Waals surface area contributed by atoms with Gasteiger partial charge in [-0.25, -0.2) is 5.43 Å². The van der Waals surface area contributed by atoms with Crippen molar-refractivity contribution in [2.75, 3.05) is 12.4 Å². The average molecular weight is 505 g/mol. The van der Waals surface area contributed by atoms with E-state index in [4.69, 9.17) is 9.47 Å². The van der Waals surface area contributed by atoms with Gasteiger partial charge in [0.15, 0.2) is 15.8 Å². The lowest BCUT2D eigenvalue weighted by Crippen LogP contribution is -2.19. The lowest BCUT2D eigenvalue weighted by Gasteiger charge is -2.12. The molecule has 1 N–H and O–H groups in total. The van der Waals surface area contributed by atoms with Gasteiger partial charge in [-0.3, -0.25) is 4.79 Å². The van der Waals surface area contributed by atoms with Crippen LogP contribution >= 0.6 is 23.1 Å². The molecule has 0 radical (unpaired) electrons. The summed E-state index contributed by atoms with van der Waals surface area (Å²) < 4.78 is 12.4. The van der Waals surface area contributed by atoms with Gasteiger partial charge < -0.3 is 9.47 Å². The van der Waals surface area contributed by atoms with Gasteiger partial charge in [-0.15, -0.1) is 10.2 Å². The summed E-state index contributed by atoms with van der Waals surface area (Å²) in [4.78, 5) is 12.2. The predicted molar refractivity (Wildman–Crippen MR) is 140 cm³/mol. The summed E-state index contributed by atoms with van der Waals surface area (Å²) in [5.41, 5.74) is 5.41. The molecule has 0 aliphatic heterocycles. The van der Waals surface area contributed by atoms with E-state index < -0.39 is 0 Å². The molecule has 35 heavy (non-hydrogen) atoms. The van der Waals surface area contributed by atoms with E-state index in [0.29, 0.717) is 24.7 Å². The van der Waals surface area contributed by atoms with Gasteiger partial charge in [-0.2, -0.15) is 5.10 Å². The summed E-state index contributed by atoms with van der Waals surface area (Å²) in [6, 6.07) is 25.3. The minimum absolute atomic E-state index is 0.192. The second-order valence-corrected chi connectivity index (χ2v) is 9.43. The van der Waals surface area contributed by atoms with Crippen LogP contribution in [0.2, 0.25) is 0 Å². The highest BCUT2D eigenvalue weighted by Crippen LogP contribution is 2.30. The summed E-state index contributed by atoms with van der Waals surface area (Å²) in [5, 5.41) is 13.2. The van der Waals surface area contributed by atoms with Crippen LogP contribution in [0, 0.1) is 0 Å². The molecule has 9 heteroatoms. The molecule has 178 valence electrons. The number of ether oxygens (including phenoxy) is 2. The lowest BCUT2D eigenvalue weighted by atomic mass is 10.2. The highest BCUT2D eigenvalue weighted by atomic mass is 32.2. The maximum atomic E-state index is 12.2. The lowest BCUT2D eigenvalue weighted by molar-refractivity contribution is -0.118. The Labute approximate surface area is 212 Å². The van der Waals surface area contributed by atoms with Gasteiger partial charge in [-0.05, 0) is 36.2 Å². The molecule has 0 atom stereocenters. The van der Waals surface area contributed by atoms with Crippen LogP contribution in [0.4, 0.5) is 0 Å². The van der Waals surface area contributed by atoms with Crippen LogP contribution in [-0.2, 0) is 11.4 Å². The number of hydrogen-bond acceptors (Lipinski definition) is 8. The fraction of sp³-hybridized carbons (Fsp3) is 0.154. The third-order valence-electron chi connectivity index (χ3n) is 4.66. The summed E-state index contributed by atoms with van der Waals surface area (Å²) in [6.07, 6.45) is 1.57. The molecule has 7 nitrogen and oxygen atoms in total. The largest absolute Gasteiger partial charge is 0.490 e. The molecule has 4 aromatic rings. The van der Waals surface area contributed by atoms with Crippen molar-refractivity contribution in [3.63, 3.8) is 0 Å². The van der Waals surface area contributed by atoms with Crippen molar-refractivity contribution in [3.05, 3.63) is 90.0 Å². The minimum atomic E-state index is -0.226. The molecular weight excluding hydrogens is 480 g/mol. The van der Waals surface area contributed by atoms with Crippen LogP contribution in [0.1, 0.15) is 18.1 Å². The second-order valence-electron chi connectivity index (χ2n) is 7.23. The third kappa shape index (κ3) is 7.40. The van der Waals surface area contributed by atoms with Crippen molar-refractivity contribution in [1.82, 2.24) is 15.6 Å². The number of thioether (sulfide) groups is 1.